The highest BCUT2D eigenvalue weighted by atomic mass is 35.5. The molecule has 0 bridgehead atoms. The molecule has 1 aliphatic rings. The van der Waals surface area contributed by atoms with E-state index in [0.717, 1.165) is 5.56 Å². The largest absolute Gasteiger partial charge is 0.323 e. The van der Waals surface area contributed by atoms with Crippen molar-refractivity contribution in [3.05, 3.63) is 106 Å². The maximum Gasteiger partial charge on any atom is 0.273 e. The first-order chi connectivity index (χ1) is 18.3. The topological polar surface area (TPSA) is 110 Å². The second-order valence-corrected chi connectivity index (χ2v) is 9.65. The molecule has 2 amide bonds. The van der Waals surface area contributed by atoms with Crippen LogP contribution in [0.25, 0.3) is 0 Å². The standard InChI is InChI=1S/C28H25ClN6O3/c1-17-8-10-31-25(11-17)33-27(37)21-7-6-18(12-22(21)29)16-35-23(14-20-5-3-4-9-30-20)24(36)13-19-15-32-34(2)26(19)28(35)38/h3-12,15,23H,13-14,16H2,1-2H3,(H,31,33,37)/t23-/m1/s1. The van der Waals surface area contributed by atoms with E-state index in [1.807, 2.05) is 25.1 Å². The van der Waals surface area contributed by atoms with E-state index in [1.165, 1.54) is 4.68 Å². The van der Waals surface area contributed by atoms with E-state index in [-0.39, 0.29) is 41.7 Å². The maximum atomic E-state index is 13.7. The molecule has 38 heavy (non-hydrogen) atoms. The maximum absolute atomic E-state index is 13.7. The Morgan fingerprint density at radius 3 is 2.68 bits per heavy atom. The van der Waals surface area contributed by atoms with Crippen molar-refractivity contribution in [3.63, 3.8) is 0 Å². The van der Waals surface area contributed by atoms with E-state index >= 15 is 0 Å². The van der Waals surface area contributed by atoms with Gasteiger partial charge in [-0.05, 0) is 54.4 Å². The van der Waals surface area contributed by atoms with Gasteiger partial charge in [-0.2, -0.15) is 5.10 Å². The summed E-state index contributed by atoms with van der Waals surface area (Å²) in [6, 6.07) is 13.3. The van der Waals surface area contributed by atoms with Crippen LogP contribution in [0.1, 0.15) is 43.2 Å². The number of amides is 2. The Hall–Kier alpha value is -4.37. The van der Waals surface area contributed by atoms with Crippen LogP contribution in [-0.2, 0) is 31.2 Å². The molecule has 0 aliphatic carbocycles. The second-order valence-electron chi connectivity index (χ2n) is 9.25. The Labute approximate surface area is 224 Å². The highest BCUT2D eigenvalue weighted by Crippen LogP contribution is 2.26. The van der Waals surface area contributed by atoms with Crippen molar-refractivity contribution >= 4 is 35.0 Å². The summed E-state index contributed by atoms with van der Waals surface area (Å²) < 4.78 is 1.50. The number of carbonyl (C=O) groups excluding carboxylic acids is 3. The van der Waals surface area contributed by atoms with Crippen molar-refractivity contribution in [3.8, 4) is 0 Å². The fourth-order valence-electron chi connectivity index (χ4n) is 4.59. The van der Waals surface area contributed by atoms with Crippen LogP contribution in [0.2, 0.25) is 5.02 Å². The number of carbonyl (C=O) groups is 3. The Kier molecular flexibility index (Phi) is 7.02. The number of ketones is 1. The minimum absolute atomic E-state index is 0.0940. The molecule has 5 rings (SSSR count). The molecule has 0 fully saturated rings. The van der Waals surface area contributed by atoms with Gasteiger partial charge in [0.25, 0.3) is 11.8 Å². The zero-order valence-electron chi connectivity index (χ0n) is 20.9. The summed E-state index contributed by atoms with van der Waals surface area (Å²) >= 11 is 6.52. The molecule has 10 heteroatoms. The lowest BCUT2D eigenvalue weighted by atomic mass is 10.0. The lowest BCUT2D eigenvalue weighted by Crippen LogP contribution is -2.45. The molecule has 192 valence electrons. The van der Waals surface area contributed by atoms with Crippen molar-refractivity contribution in [1.82, 2.24) is 24.6 Å². The molecule has 0 radical (unpaired) electrons. The number of anilines is 1. The van der Waals surface area contributed by atoms with Gasteiger partial charge < -0.3 is 10.2 Å². The number of nitrogens with one attached hydrogen (secondary N) is 1. The van der Waals surface area contributed by atoms with Gasteiger partial charge in [0.05, 0.1) is 22.8 Å². The number of aryl methyl sites for hydroxylation is 2. The van der Waals surface area contributed by atoms with Crippen molar-refractivity contribution in [2.75, 3.05) is 5.32 Å². The number of pyridine rings is 2. The van der Waals surface area contributed by atoms with Crippen LogP contribution in [0.3, 0.4) is 0 Å². The van der Waals surface area contributed by atoms with E-state index in [4.69, 9.17) is 11.6 Å². The fourth-order valence-corrected chi connectivity index (χ4v) is 4.88. The van der Waals surface area contributed by atoms with E-state index in [0.29, 0.717) is 28.3 Å². The zero-order valence-corrected chi connectivity index (χ0v) is 21.6. The predicted molar refractivity (Wildman–Crippen MR) is 142 cm³/mol. The molecule has 3 aromatic heterocycles. The zero-order chi connectivity index (χ0) is 26.8. The minimum Gasteiger partial charge on any atom is -0.323 e. The van der Waals surface area contributed by atoms with Crippen molar-refractivity contribution in [1.29, 1.82) is 0 Å². The number of Topliss-reactive ketones (excluding diaryl/α,β-unsaturated/α-hetero) is 1. The van der Waals surface area contributed by atoms with E-state index in [1.54, 1.807) is 60.9 Å². The van der Waals surface area contributed by atoms with Crippen LogP contribution in [0.15, 0.2) is 67.1 Å². The number of fused-ring (bicyclic) bond motifs is 1. The van der Waals surface area contributed by atoms with E-state index < -0.39 is 11.9 Å². The lowest BCUT2D eigenvalue weighted by Gasteiger charge is -2.29. The number of halogens is 1. The SMILES string of the molecule is Cc1ccnc(NC(=O)c2ccc(CN3C(=O)c4c(cnn4C)CC(=O)[C@H]3Cc3ccccn3)cc2Cl)c1. The van der Waals surface area contributed by atoms with Gasteiger partial charge in [-0.25, -0.2) is 4.98 Å². The summed E-state index contributed by atoms with van der Waals surface area (Å²) in [5.74, 6) is -0.361. The molecule has 1 atom stereocenters. The number of hydrogen-bond donors (Lipinski definition) is 1. The third-order valence-corrected chi connectivity index (χ3v) is 6.82. The molecule has 4 aromatic rings. The monoisotopic (exact) mass is 528 g/mol. The predicted octanol–water partition coefficient (Wildman–Crippen LogP) is 3.80. The normalized spacial score (nSPS) is 15.2. The Morgan fingerprint density at radius 2 is 1.95 bits per heavy atom. The number of rotatable bonds is 6. The molecule has 1 N–H and O–H groups in total. The van der Waals surface area contributed by atoms with Gasteiger partial charge in [0, 0.05) is 50.1 Å². The highest BCUT2D eigenvalue weighted by molar-refractivity contribution is 6.34. The molecule has 0 saturated carbocycles. The molecular weight excluding hydrogens is 504 g/mol. The summed E-state index contributed by atoms with van der Waals surface area (Å²) in [4.78, 5) is 50.0. The van der Waals surface area contributed by atoms with Gasteiger partial charge in [0.15, 0.2) is 5.78 Å². The minimum atomic E-state index is -0.723. The van der Waals surface area contributed by atoms with Crippen LogP contribution in [-0.4, -0.2) is 48.3 Å². The number of nitrogens with zero attached hydrogens (tertiary/aromatic N) is 5. The average molecular weight is 529 g/mol. The first-order valence-corrected chi connectivity index (χ1v) is 12.4. The first-order valence-electron chi connectivity index (χ1n) is 12.1. The van der Waals surface area contributed by atoms with Crippen LogP contribution in [0, 0.1) is 6.92 Å². The molecule has 9 nitrogen and oxygen atoms in total. The number of hydrogen-bond acceptors (Lipinski definition) is 6. The van der Waals surface area contributed by atoms with Crippen LogP contribution >= 0.6 is 11.6 Å². The van der Waals surface area contributed by atoms with Crippen LogP contribution in [0.4, 0.5) is 5.82 Å². The van der Waals surface area contributed by atoms with E-state index in [9.17, 15) is 14.4 Å². The molecule has 0 saturated heterocycles. The molecular formula is C28H25ClN6O3. The smallest absolute Gasteiger partial charge is 0.273 e. The van der Waals surface area contributed by atoms with Crippen LogP contribution in [0.5, 0.6) is 0 Å². The number of benzene rings is 1. The first kappa shape index (κ1) is 25.3. The highest BCUT2D eigenvalue weighted by Gasteiger charge is 2.37. The van der Waals surface area contributed by atoms with E-state index in [2.05, 4.69) is 20.4 Å². The Morgan fingerprint density at radius 1 is 1.11 bits per heavy atom. The summed E-state index contributed by atoms with van der Waals surface area (Å²) in [5.41, 5.74) is 3.61. The third-order valence-electron chi connectivity index (χ3n) is 6.51. The van der Waals surface area contributed by atoms with Crippen molar-refractivity contribution < 1.29 is 14.4 Å². The van der Waals surface area contributed by atoms with Gasteiger partial charge in [-0.1, -0.05) is 23.7 Å². The summed E-state index contributed by atoms with van der Waals surface area (Å²) in [7, 11) is 1.69. The molecule has 1 aliphatic heterocycles. The van der Waals surface area contributed by atoms with Crippen molar-refractivity contribution in [2.45, 2.75) is 32.4 Å². The lowest BCUT2D eigenvalue weighted by molar-refractivity contribution is -0.122. The molecule has 0 spiro atoms. The summed E-state index contributed by atoms with van der Waals surface area (Å²) in [6.07, 6.45) is 5.24. The Bertz CT molecular complexity index is 1530. The van der Waals surface area contributed by atoms with Crippen molar-refractivity contribution in [2.24, 2.45) is 7.05 Å². The average Bonchev–Trinajstić information content (AvgIpc) is 3.21. The molecule has 0 unspecified atom stereocenters. The summed E-state index contributed by atoms with van der Waals surface area (Å²) in [5, 5.41) is 7.17. The Balaban J connectivity index is 1.44. The van der Waals surface area contributed by atoms with Gasteiger partial charge >= 0.3 is 0 Å². The molecule has 1 aromatic carbocycles. The quantitative estimate of drug-likeness (QED) is 0.407. The van der Waals surface area contributed by atoms with Gasteiger partial charge in [-0.15, -0.1) is 0 Å². The second kappa shape index (κ2) is 10.5. The fraction of sp³-hybridized carbons (Fsp3) is 0.214. The molecule has 4 heterocycles. The van der Waals surface area contributed by atoms with Gasteiger partial charge in [0.2, 0.25) is 0 Å². The van der Waals surface area contributed by atoms with Gasteiger partial charge in [0.1, 0.15) is 11.5 Å². The summed E-state index contributed by atoms with van der Waals surface area (Å²) in [6.45, 7) is 2.03. The van der Waals surface area contributed by atoms with Gasteiger partial charge in [-0.3, -0.25) is 24.0 Å². The number of aromatic nitrogens is 4. The third kappa shape index (κ3) is 5.19. The van der Waals surface area contributed by atoms with Crippen LogP contribution < -0.4 is 5.32 Å².